The molecule has 0 fully saturated rings. The first-order valence-electron chi connectivity index (χ1n) is 10.3. The number of carbonyl (C=O) groups excluding carboxylic acids is 1. The minimum absolute atomic E-state index is 0.0816. The summed E-state index contributed by atoms with van der Waals surface area (Å²) < 4.78 is 6.93. The van der Waals surface area contributed by atoms with Crippen molar-refractivity contribution >= 4 is 27.8 Å². The Morgan fingerprint density at radius 1 is 0.968 bits per heavy atom. The van der Waals surface area contributed by atoms with Crippen LogP contribution in [0.4, 0.5) is 0 Å². The zero-order chi connectivity index (χ0) is 22.4. The summed E-state index contributed by atoms with van der Waals surface area (Å²) in [5.41, 5.74) is 6.02. The van der Waals surface area contributed by atoms with Crippen LogP contribution < -0.4 is 4.74 Å². The van der Waals surface area contributed by atoms with Gasteiger partial charge in [-0.2, -0.15) is 0 Å². The van der Waals surface area contributed by atoms with Crippen molar-refractivity contribution in [2.24, 2.45) is 0 Å². The Kier molecular flexibility index (Phi) is 7.83. The topological polar surface area (TPSA) is 29.5 Å². The number of likely N-dealkylation sites (N-methyl/N-ethyl adjacent to an activating group) is 1. The van der Waals surface area contributed by atoms with Crippen LogP contribution in [0.5, 0.6) is 5.75 Å². The maximum Gasteiger partial charge on any atom is 0.189 e. The molecule has 0 bridgehead atoms. The fourth-order valence-electron chi connectivity index (χ4n) is 3.37. The maximum atomic E-state index is 13.2. The van der Waals surface area contributed by atoms with Gasteiger partial charge in [0.25, 0.3) is 0 Å². The van der Waals surface area contributed by atoms with Crippen LogP contribution in [0.3, 0.4) is 0 Å². The van der Waals surface area contributed by atoms with Gasteiger partial charge in [-0.25, -0.2) is 0 Å². The van der Waals surface area contributed by atoms with Crippen molar-refractivity contribution in [3.8, 4) is 16.9 Å². The highest BCUT2D eigenvalue weighted by molar-refractivity contribution is 9.10. The molecule has 0 amide bonds. The number of hydrogen-bond donors (Lipinski definition) is 0. The minimum Gasteiger partial charge on any atom is -0.491 e. The van der Waals surface area contributed by atoms with Gasteiger partial charge in [0.2, 0.25) is 0 Å². The molecular weight excluding hydrogens is 450 g/mol. The van der Waals surface area contributed by atoms with Gasteiger partial charge in [-0.15, -0.1) is 0 Å². The summed E-state index contributed by atoms with van der Waals surface area (Å²) in [4.78, 5) is 15.2. The lowest BCUT2D eigenvalue weighted by atomic mass is 9.97. The summed E-state index contributed by atoms with van der Waals surface area (Å²) in [6.07, 6.45) is 3.44. The molecule has 0 heterocycles. The second kappa shape index (κ2) is 10.6. The zero-order valence-electron chi connectivity index (χ0n) is 18.5. The first-order chi connectivity index (χ1) is 14.8. The van der Waals surface area contributed by atoms with E-state index in [1.807, 2.05) is 62.6 Å². The Balaban J connectivity index is 1.96. The van der Waals surface area contributed by atoms with Crippen LogP contribution in [0.25, 0.3) is 17.2 Å². The predicted octanol–water partition coefficient (Wildman–Crippen LogP) is 6.57. The number of aryl methyl sites for hydroxylation is 2. The number of allylic oxidation sites excluding steroid dienone is 1. The lowest BCUT2D eigenvalue weighted by Gasteiger charge is -2.15. The number of ether oxygens (including phenoxy) is 1. The van der Waals surface area contributed by atoms with E-state index < -0.39 is 0 Å². The van der Waals surface area contributed by atoms with Gasteiger partial charge in [0.15, 0.2) is 5.78 Å². The van der Waals surface area contributed by atoms with Gasteiger partial charge in [0.05, 0.1) is 5.56 Å². The summed E-state index contributed by atoms with van der Waals surface area (Å²) in [5.74, 6) is 0.526. The average Bonchev–Trinajstić information content (AvgIpc) is 2.72. The third-order valence-corrected chi connectivity index (χ3v) is 5.64. The molecule has 3 aromatic rings. The molecule has 0 aromatic heterocycles. The molecule has 3 aromatic carbocycles. The minimum atomic E-state index is -0.0816. The third-order valence-electron chi connectivity index (χ3n) is 4.92. The van der Waals surface area contributed by atoms with Crippen LogP contribution in [-0.2, 0) is 0 Å². The van der Waals surface area contributed by atoms with Crippen molar-refractivity contribution in [2.45, 2.75) is 13.8 Å². The lowest BCUT2D eigenvalue weighted by molar-refractivity contribution is 0.104. The van der Waals surface area contributed by atoms with Crippen LogP contribution >= 0.6 is 15.9 Å². The highest BCUT2D eigenvalue weighted by atomic mass is 79.9. The predicted molar refractivity (Wildman–Crippen MR) is 133 cm³/mol. The van der Waals surface area contributed by atoms with Crippen molar-refractivity contribution in [1.82, 2.24) is 4.90 Å². The Morgan fingerprint density at radius 3 is 2.35 bits per heavy atom. The molecule has 0 aliphatic rings. The highest BCUT2D eigenvalue weighted by Crippen LogP contribution is 2.29. The second-order valence-corrected chi connectivity index (χ2v) is 8.81. The number of halogens is 1. The highest BCUT2D eigenvalue weighted by Gasteiger charge is 2.13. The number of hydrogen-bond acceptors (Lipinski definition) is 3. The first kappa shape index (κ1) is 23.0. The van der Waals surface area contributed by atoms with E-state index >= 15 is 0 Å². The van der Waals surface area contributed by atoms with E-state index in [4.69, 9.17) is 4.74 Å². The third kappa shape index (κ3) is 6.39. The summed E-state index contributed by atoms with van der Waals surface area (Å²) in [5, 5.41) is 0. The smallest absolute Gasteiger partial charge is 0.189 e. The molecule has 31 heavy (non-hydrogen) atoms. The summed E-state index contributed by atoms with van der Waals surface area (Å²) in [7, 11) is 4.00. The monoisotopic (exact) mass is 477 g/mol. The van der Waals surface area contributed by atoms with Crippen LogP contribution in [0.1, 0.15) is 27.0 Å². The zero-order valence-corrected chi connectivity index (χ0v) is 20.1. The van der Waals surface area contributed by atoms with Crippen LogP contribution in [-0.4, -0.2) is 37.9 Å². The lowest BCUT2D eigenvalue weighted by Crippen LogP contribution is -2.20. The number of rotatable bonds is 8. The Morgan fingerprint density at radius 2 is 1.68 bits per heavy atom. The van der Waals surface area contributed by atoms with Gasteiger partial charge >= 0.3 is 0 Å². The quantitative estimate of drug-likeness (QED) is 0.271. The molecule has 160 valence electrons. The van der Waals surface area contributed by atoms with Gasteiger partial charge in [0, 0.05) is 11.0 Å². The molecule has 4 heteroatoms. The van der Waals surface area contributed by atoms with Gasteiger partial charge in [-0.3, -0.25) is 4.79 Å². The second-order valence-electron chi connectivity index (χ2n) is 7.96. The van der Waals surface area contributed by atoms with Crippen LogP contribution in [0, 0.1) is 13.8 Å². The van der Waals surface area contributed by atoms with Gasteiger partial charge < -0.3 is 9.64 Å². The van der Waals surface area contributed by atoms with Crippen molar-refractivity contribution < 1.29 is 9.53 Å². The van der Waals surface area contributed by atoms with E-state index in [1.54, 1.807) is 6.08 Å². The standard InChI is InChI=1S/C27H28BrNO2/c1-19-15-20(2)17-23(16-19)22-10-12-27(31-14-13-29(3)4)24(18-22)26(30)11-9-21-7-5-6-8-25(21)28/h5-12,15-18H,13-14H2,1-4H3/b11-9+. The number of benzene rings is 3. The van der Waals surface area contributed by atoms with E-state index in [0.717, 1.165) is 27.7 Å². The normalized spacial score (nSPS) is 11.3. The summed E-state index contributed by atoms with van der Waals surface area (Å²) in [6.45, 7) is 5.47. The molecule has 3 rings (SSSR count). The maximum absolute atomic E-state index is 13.2. The van der Waals surface area contributed by atoms with E-state index in [9.17, 15) is 4.79 Å². The summed E-state index contributed by atoms with van der Waals surface area (Å²) >= 11 is 3.53. The first-order valence-corrected chi connectivity index (χ1v) is 11.1. The molecular formula is C27H28BrNO2. The molecule has 0 saturated heterocycles. The van der Waals surface area contributed by atoms with E-state index in [2.05, 4.69) is 52.9 Å². The van der Waals surface area contributed by atoms with Crippen molar-refractivity contribution in [1.29, 1.82) is 0 Å². The van der Waals surface area contributed by atoms with Crippen molar-refractivity contribution in [3.05, 3.63) is 93.5 Å². The molecule has 3 nitrogen and oxygen atoms in total. The number of nitrogens with zero attached hydrogens (tertiary/aromatic N) is 1. The summed E-state index contributed by atoms with van der Waals surface area (Å²) in [6, 6.07) is 20.1. The van der Waals surface area contributed by atoms with Gasteiger partial charge in [0.1, 0.15) is 12.4 Å². The number of carbonyl (C=O) groups is 1. The Labute approximate surface area is 193 Å². The Hall–Kier alpha value is -2.69. The van der Waals surface area contributed by atoms with E-state index in [1.165, 1.54) is 11.1 Å². The van der Waals surface area contributed by atoms with Crippen LogP contribution in [0.2, 0.25) is 0 Å². The van der Waals surface area contributed by atoms with E-state index in [0.29, 0.717) is 17.9 Å². The average molecular weight is 478 g/mol. The molecule has 0 unspecified atom stereocenters. The van der Waals surface area contributed by atoms with Crippen molar-refractivity contribution in [2.75, 3.05) is 27.2 Å². The molecule has 0 spiro atoms. The molecule has 0 N–H and O–H groups in total. The van der Waals surface area contributed by atoms with E-state index in [-0.39, 0.29) is 5.78 Å². The number of ketones is 1. The van der Waals surface area contributed by atoms with Gasteiger partial charge in [-0.05, 0) is 75.0 Å². The largest absolute Gasteiger partial charge is 0.491 e. The fraction of sp³-hybridized carbons (Fsp3) is 0.222. The molecule has 0 aliphatic carbocycles. The van der Waals surface area contributed by atoms with Crippen molar-refractivity contribution in [3.63, 3.8) is 0 Å². The fourth-order valence-corrected chi connectivity index (χ4v) is 3.79. The van der Waals surface area contributed by atoms with Gasteiger partial charge in [-0.1, -0.05) is 69.5 Å². The molecule has 0 saturated carbocycles. The molecule has 0 radical (unpaired) electrons. The molecule has 0 aliphatic heterocycles. The van der Waals surface area contributed by atoms with Crippen LogP contribution in [0.15, 0.2) is 71.2 Å². The molecule has 0 atom stereocenters. The Bertz CT molecular complexity index is 1080. The SMILES string of the molecule is Cc1cc(C)cc(-c2ccc(OCCN(C)C)c(C(=O)/C=C/c3ccccc3Br)c2)c1.